The number of amides is 1. The molecule has 1 atom stereocenters. The van der Waals surface area contributed by atoms with Crippen molar-refractivity contribution in [3.8, 4) is 5.75 Å². The maximum atomic E-state index is 11.7. The lowest BCUT2D eigenvalue weighted by Crippen LogP contribution is -2.15. The summed E-state index contributed by atoms with van der Waals surface area (Å²) < 4.78 is 8.14. The number of imidazole rings is 1. The van der Waals surface area contributed by atoms with Crippen molar-refractivity contribution in [2.24, 2.45) is 0 Å². The van der Waals surface area contributed by atoms with E-state index < -0.39 is 0 Å². The first-order chi connectivity index (χ1) is 13.5. The van der Waals surface area contributed by atoms with Crippen molar-refractivity contribution in [2.75, 3.05) is 5.32 Å². The predicted molar refractivity (Wildman–Crippen MR) is 112 cm³/mol. The van der Waals surface area contributed by atoms with Crippen molar-refractivity contribution < 1.29 is 9.53 Å². The molecule has 1 aromatic heterocycles. The first-order valence-corrected chi connectivity index (χ1v) is 9.78. The van der Waals surface area contributed by atoms with Crippen LogP contribution in [0.2, 0.25) is 10.0 Å². The largest absolute Gasteiger partial charge is 0.484 e. The smallest absolute Gasteiger partial charge is 0.224 e. The summed E-state index contributed by atoms with van der Waals surface area (Å²) in [6, 6.07) is 12.7. The van der Waals surface area contributed by atoms with Crippen LogP contribution in [0.15, 0.2) is 61.2 Å². The molecular formula is C21H21Cl2N3O2. The van der Waals surface area contributed by atoms with E-state index in [1.807, 2.05) is 48.0 Å². The molecule has 0 aliphatic rings. The number of rotatable bonds is 8. The van der Waals surface area contributed by atoms with Gasteiger partial charge in [0.1, 0.15) is 11.9 Å². The van der Waals surface area contributed by atoms with E-state index in [4.69, 9.17) is 27.9 Å². The standard InChI is InChI=1S/C21H21Cl2N3O2/c1-2-3-21(27)25-16-5-7-17(8-6-16)28-20(13-26-11-10-24-14-26)18-9-4-15(22)12-19(18)23/h4-12,14,20H,2-3,13H2,1H3,(H,25,27). The van der Waals surface area contributed by atoms with E-state index in [-0.39, 0.29) is 12.0 Å². The van der Waals surface area contributed by atoms with Gasteiger partial charge in [-0.1, -0.05) is 36.2 Å². The van der Waals surface area contributed by atoms with Crippen molar-refractivity contribution in [3.05, 3.63) is 76.8 Å². The molecule has 3 aromatic rings. The number of ether oxygens (including phenoxy) is 1. The van der Waals surface area contributed by atoms with Gasteiger partial charge in [0.15, 0.2) is 0 Å². The molecule has 0 radical (unpaired) electrons. The van der Waals surface area contributed by atoms with E-state index >= 15 is 0 Å². The molecule has 1 heterocycles. The van der Waals surface area contributed by atoms with Gasteiger partial charge in [-0.15, -0.1) is 0 Å². The average Bonchev–Trinajstić information content (AvgIpc) is 3.16. The Balaban J connectivity index is 1.78. The van der Waals surface area contributed by atoms with Crippen LogP contribution >= 0.6 is 23.2 Å². The van der Waals surface area contributed by atoms with Crippen molar-refractivity contribution in [1.82, 2.24) is 9.55 Å². The Hall–Kier alpha value is -2.50. The third kappa shape index (κ3) is 5.50. The molecule has 0 fully saturated rings. The highest BCUT2D eigenvalue weighted by Crippen LogP contribution is 2.31. The quantitative estimate of drug-likeness (QED) is 0.507. The zero-order valence-corrected chi connectivity index (χ0v) is 17.0. The number of hydrogen-bond acceptors (Lipinski definition) is 3. The van der Waals surface area contributed by atoms with Crippen LogP contribution in [0.4, 0.5) is 5.69 Å². The maximum Gasteiger partial charge on any atom is 0.224 e. The molecule has 0 aliphatic carbocycles. The second-order valence-corrected chi connectivity index (χ2v) is 7.20. The molecule has 28 heavy (non-hydrogen) atoms. The molecule has 0 saturated heterocycles. The summed E-state index contributed by atoms with van der Waals surface area (Å²) in [7, 11) is 0. The molecule has 1 unspecified atom stereocenters. The van der Waals surface area contributed by atoms with Gasteiger partial charge in [0.2, 0.25) is 5.91 Å². The molecular weight excluding hydrogens is 397 g/mol. The fourth-order valence-corrected chi connectivity index (χ4v) is 3.31. The number of carbonyl (C=O) groups excluding carboxylic acids is 1. The van der Waals surface area contributed by atoms with Crippen LogP contribution in [0.25, 0.3) is 0 Å². The summed E-state index contributed by atoms with van der Waals surface area (Å²) in [4.78, 5) is 15.8. The Morgan fingerprint density at radius 3 is 2.64 bits per heavy atom. The topological polar surface area (TPSA) is 56.1 Å². The van der Waals surface area contributed by atoms with Gasteiger partial charge in [0, 0.05) is 40.1 Å². The van der Waals surface area contributed by atoms with Crippen molar-refractivity contribution >= 4 is 34.8 Å². The number of nitrogens with zero attached hydrogens (tertiary/aromatic N) is 2. The minimum atomic E-state index is -0.334. The van der Waals surface area contributed by atoms with Gasteiger partial charge in [0.05, 0.1) is 12.9 Å². The van der Waals surface area contributed by atoms with Gasteiger partial charge in [0.25, 0.3) is 0 Å². The normalized spacial score (nSPS) is 11.8. The minimum absolute atomic E-state index is 0.00194. The number of aromatic nitrogens is 2. The average molecular weight is 418 g/mol. The Morgan fingerprint density at radius 2 is 2.00 bits per heavy atom. The molecule has 0 bridgehead atoms. The molecule has 5 nitrogen and oxygen atoms in total. The van der Waals surface area contributed by atoms with Gasteiger partial charge in [-0.2, -0.15) is 0 Å². The van der Waals surface area contributed by atoms with Gasteiger partial charge >= 0.3 is 0 Å². The molecule has 0 saturated carbocycles. The van der Waals surface area contributed by atoms with E-state index in [1.165, 1.54) is 0 Å². The van der Waals surface area contributed by atoms with Crippen LogP contribution in [0, 0.1) is 0 Å². The molecule has 3 rings (SSSR count). The molecule has 0 spiro atoms. The summed E-state index contributed by atoms with van der Waals surface area (Å²) in [5.74, 6) is 0.673. The Bertz CT molecular complexity index is 912. The molecule has 1 amide bonds. The zero-order chi connectivity index (χ0) is 19.9. The van der Waals surface area contributed by atoms with Gasteiger partial charge in [-0.3, -0.25) is 4.79 Å². The van der Waals surface area contributed by atoms with Crippen molar-refractivity contribution in [3.63, 3.8) is 0 Å². The van der Waals surface area contributed by atoms with Crippen LogP contribution < -0.4 is 10.1 Å². The van der Waals surface area contributed by atoms with E-state index in [9.17, 15) is 4.79 Å². The third-order valence-corrected chi connectivity index (χ3v) is 4.70. The summed E-state index contributed by atoms with van der Waals surface area (Å²) >= 11 is 12.4. The minimum Gasteiger partial charge on any atom is -0.484 e. The van der Waals surface area contributed by atoms with Gasteiger partial charge < -0.3 is 14.6 Å². The van der Waals surface area contributed by atoms with E-state index in [2.05, 4.69) is 10.3 Å². The lowest BCUT2D eigenvalue weighted by atomic mass is 10.1. The number of nitrogens with one attached hydrogen (secondary N) is 1. The predicted octanol–water partition coefficient (Wildman–Crippen LogP) is 5.75. The van der Waals surface area contributed by atoms with Crippen LogP contribution in [-0.2, 0) is 11.3 Å². The molecule has 146 valence electrons. The molecule has 0 aliphatic heterocycles. The summed E-state index contributed by atoms with van der Waals surface area (Å²) in [5.41, 5.74) is 1.57. The molecule has 1 N–H and O–H groups in total. The summed E-state index contributed by atoms with van der Waals surface area (Å²) in [5, 5.41) is 3.98. The van der Waals surface area contributed by atoms with Gasteiger partial charge in [-0.05, 0) is 42.8 Å². The van der Waals surface area contributed by atoms with Crippen LogP contribution in [0.5, 0.6) is 5.75 Å². The van der Waals surface area contributed by atoms with Crippen molar-refractivity contribution in [2.45, 2.75) is 32.4 Å². The fourth-order valence-electron chi connectivity index (χ4n) is 2.78. The number of carbonyl (C=O) groups is 1. The monoisotopic (exact) mass is 417 g/mol. The second-order valence-electron chi connectivity index (χ2n) is 6.35. The highest BCUT2D eigenvalue weighted by atomic mass is 35.5. The Morgan fingerprint density at radius 1 is 1.21 bits per heavy atom. The number of anilines is 1. The number of hydrogen-bond donors (Lipinski definition) is 1. The molecule has 2 aromatic carbocycles. The summed E-state index contributed by atoms with van der Waals surface area (Å²) in [6.07, 6.45) is 6.29. The van der Waals surface area contributed by atoms with Crippen molar-refractivity contribution in [1.29, 1.82) is 0 Å². The fraction of sp³-hybridized carbons (Fsp3) is 0.238. The summed E-state index contributed by atoms with van der Waals surface area (Å²) in [6.45, 7) is 2.51. The number of benzene rings is 2. The van der Waals surface area contributed by atoms with Crippen LogP contribution in [-0.4, -0.2) is 15.5 Å². The zero-order valence-electron chi connectivity index (χ0n) is 15.4. The third-order valence-electron chi connectivity index (χ3n) is 4.14. The second kappa shape index (κ2) is 9.62. The lowest BCUT2D eigenvalue weighted by molar-refractivity contribution is -0.116. The SMILES string of the molecule is CCCC(=O)Nc1ccc(OC(Cn2ccnc2)c2ccc(Cl)cc2Cl)cc1. The van der Waals surface area contributed by atoms with E-state index in [0.717, 1.165) is 17.7 Å². The highest BCUT2D eigenvalue weighted by molar-refractivity contribution is 6.35. The highest BCUT2D eigenvalue weighted by Gasteiger charge is 2.18. The first kappa shape index (κ1) is 20.2. The van der Waals surface area contributed by atoms with Gasteiger partial charge in [-0.25, -0.2) is 4.98 Å². The maximum absolute atomic E-state index is 11.7. The first-order valence-electron chi connectivity index (χ1n) is 9.02. The Kier molecular flexibility index (Phi) is 6.95. The van der Waals surface area contributed by atoms with E-state index in [0.29, 0.717) is 28.8 Å². The number of halogens is 2. The molecule has 7 heteroatoms. The van der Waals surface area contributed by atoms with Crippen LogP contribution in [0.3, 0.4) is 0 Å². The van der Waals surface area contributed by atoms with E-state index in [1.54, 1.807) is 24.7 Å². The van der Waals surface area contributed by atoms with Crippen LogP contribution in [0.1, 0.15) is 31.4 Å². The Labute approximate surface area is 174 Å². The lowest BCUT2D eigenvalue weighted by Gasteiger charge is -2.21.